The zero-order valence-electron chi connectivity index (χ0n) is 11.9. The Morgan fingerprint density at radius 1 is 1.00 bits per heavy atom. The van der Waals surface area contributed by atoms with Gasteiger partial charge in [-0.3, -0.25) is 0 Å². The number of hydrogen-bond donors (Lipinski definition) is 2. The minimum atomic E-state index is -0.820. The molecule has 0 radical (unpaired) electrons. The normalized spacial score (nSPS) is 12.3. The van der Waals surface area contributed by atoms with E-state index >= 15 is 0 Å². The fraction of sp³-hybridized carbons (Fsp3) is 0.294. The first-order valence-electron chi connectivity index (χ1n) is 7.00. The van der Waals surface area contributed by atoms with E-state index in [1.807, 2.05) is 12.1 Å². The second-order valence-corrected chi connectivity index (χ2v) is 5.24. The van der Waals surface area contributed by atoms with Crippen molar-refractivity contribution >= 4 is 0 Å². The van der Waals surface area contributed by atoms with Crippen LogP contribution in [0.25, 0.3) is 0 Å². The molecule has 2 aromatic carbocycles. The molecule has 2 nitrogen and oxygen atoms in total. The largest absolute Gasteiger partial charge is 0.508 e. The van der Waals surface area contributed by atoms with Gasteiger partial charge in [0, 0.05) is 12.6 Å². The highest BCUT2D eigenvalue weighted by Gasteiger charge is 2.05. The lowest BCUT2D eigenvalue weighted by Crippen LogP contribution is -2.26. The molecule has 0 saturated carbocycles. The number of nitrogens with one attached hydrogen (secondary N) is 1. The minimum absolute atomic E-state index is 0.256. The van der Waals surface area contributed by atoms with Crippen molar-refractivity contribution in [2.75, 3.05) is 0 Å². The molecular weight excluding hydrogens is 272 g/mol. The van der Waals surface area contributed by atoms with Gasteiger partial charge in [-0.25, -0.2) is 8.78 Å². The number of aryl methyl sites for hydroxylation is 1. The van der Waals surface area contributed by atoms with Gasteiger partial charge >= 0.3 is 0 Å². The summed E-state index contributed by atoms with van der Waals surface area (Å²) in [6.07, 6.45) is 1.82. The van der Waals surface area contributed by atoms with E-state index in [9.17, 15) is 13.9 Å². The summed E-state index contributed by atoms with van der Waals surface area (Å²) < 4.78 is 25.9. The predicted molar refractivity (Wildman–Crippen MR) is 79.1 cm³/mol. The van der Waals surface area contributed by atoms with Crippen LogP contribution in [0.5, 0.6) is 5.75 Å². The second-order valence-electron chi connectivity index (χ2n) is 5.24. The maximum Gasteiger partial charge on any atom is 0.159 e. The molecule has 0 spiro atoms. The lowest BCUT2D eigenvalue weighted by atomic mass is 10.1. The number of benzene rings is 2. The molecule has 2 N–H and O–H groups in total. The van der Waals surface area contributed by atoms with E-state index in [0.717, 1.165) is 30.0 Å². The number of aromatic hydroxyl groups is 1. The Balaban J connectivity index is 1.77. The summed E-state index contributed by atoms with van der Waals surface area (Å²) in [6.45, 7) is 2.56. The fourth-order valence-electron chi connectivity index (χ4n) is 2.09. The van der Waals surface area contributed by atoms with E-state index in [2.05, 4.69) is 12.2 Å². The highest BCUT2D eigenvalue weighted by molar-refractivity contribution is 5.26. The molecule has 0 bridgehead atoms. The summed E-state index contributed by atoms with van der Waals surface area (Å²) in [5.74, 6) is -1.37. The van der Waals surface area contributed by atoms with Gasteiger partial charge in [0.15, 0.2) is 11.6 Å². The molecule has 0 aliphatic heterocycles. The lowest BCUT2D eigenvalue weighted by Gasteiger charge is -2.14. The third-order valence-corrected chi connectivity index (χ3v) is 3.44. The molecule has 2 rings (SSSR count). The summed E-state index contributed by atoms with van der Waals surface area (Å²) in [5, 5.41) is 12.5. The Bertz CT molecular complexity index is 584. The van der Waals surface area contributed by atoms with Crippen LogP contribution in [0.4, 0.5) is 8.78 Å². The van der Waals surface area contributed by atoms with Crippen molar-refractivity contribution in [1.29, 1.82) is 0 Å². The Labute approximate surface area is 123 Å². The zero-order chi connectivity index (χ0) is 15.2. The summed E-state index contributed by atoms with van der Waals surface area (Å²) in [7, 11) is 0. The molecule has 0 aromatic heterocycles. The smallest absolute Gasteiger partial charge is 0.159 e. The van der Waals surface area contributed by atoms with Crippen LogP contribution in [0.1, 0.15) is 24.5 Å². The van der Waals surface area contributed by atoms with Crippen LogP contribution in [0, 0.1) is 11.6 Å². The number of phenolic OH excluding ortho intramolecular Hbond substituents is 1. The molecule has 21 heavy (non-hydrogen) atoms. The van der Waals surface area contributed by atoms with E-state index in [1.54, 1.807) is 18.2 Å². The molecule has 2 aromatic rings. The van der Waals surface area contributed by atoms with Crippen LogP contribution >= 0.6 is 0 Å². The van der Waals surface area contributed by atoms with E-state index in [-0.39, 0.29) is 11.8 Å². The average molecular weight is 291 g/mol. The number of rotatable bonds is 6. The van der Waals surface area contributed by atoms with Crippen LogP contribution in [-0.4, -0.2) is 11.1 Å². The van der Waals surface area contributed by atoms with Crippen LogP contribution in [0.15, 0.2) is 42.5 Å². The third kappa shape index (κ3) is 4.83. The summed E-state index contributed by atoms with van der Waals surface area (Å²) in [4.78, 5) is 0. The van der Waals surface area contributed by atoms with Crippen molar-refractivity contribution in [2.24, 2.45) is 0 Å². The predicted octanol–water partition coefficient (Wildman–Crippen LogP) is 3.78. The van der Waals surface area contributed by atoms with Gasteiger partial charge in [0.1, 0.15) is 5.75 Å². The number of phenols is 1. The van der Waals surface area contributed by atoms with Gasteiger partial charge in [0.05, 0.1) is 0 Å². The van der Waals surface area contributed by atoms with Crippen molar-refractivity contribution in [2.45, 2.75) is 32.4 Å². The molecule has 112 valence electrons. The van der Waals surface area contributed by atoms with Crippen molar-refractivity contribution in [1.82, 2.24) is 5.32 Å². The number of hydrogen-bond acceptors (Lipinski definition) is 2. The van der Waals surface area contributed by atoms with E-state index < -0.39 is 11.6 Å². The van der Waals surface area contributed by atoms with Gasteiger partial charge in [0.2, 0.25) is 0 Å². The maximum absolute atomic E-state index is 13.1. The van der Waals surface area contributed by atoms with Crippen LogP contribution < -0.4 is 5.32 Å². The summed E-state index contributed by atoms with van der Waals surface area (Å²) in [5.41, 5.74) is 1.89. The molecule has 1 atom stereocenters. The van der Waals surface area contributed by atoms with Gasteiger partial charge < -0.3 is 10.4 Å². The van der Waals surface area contributed by atoms with Crippen molar-refractivity contribution in [3.8, 4) is 5.75 Å². The summed E-state index contributed by atoms with van der Waals surface area (Å²) >= 11 is 0. The van der Waals surface area contributed by atoms with Gasteiger partial charge in [0.25, 0.3) is 0 Å². The molecule has 0 aliphatic carbocycles. The van der Waals surface area contributed by atoms with E-state index in [0.29, 0.717) is 6.54 Å². The minimum Gasteiger partial charge on any atom is -0.508 e. The van der Waals surface area contributed by atoms with E-state index in [4.69, 9.17) is 0 Å². The molecular formula is C17H19F2NO. The third-order valence-electron chi connectivity index (χ3n) is 3.44. The van der Waals surface area contributed by atoms with Gasteiger partial charge in [-0.15, -0.1) is 0 Å². The molecule has 0 aliphatic rings. The maximum atomic E-state index is 13.1. The lowest BCUT2D eigenvalue weighted by molar-refractivity contribution is 0.474. The highest BCUT2D eigenvalue weighted by Crippen LogP contribution is 2.12. The molecule has 0 fully saturated rings. The van der Waals surface area contributed by atoms with Crippen molar-refractivity contribution < 1.29 is 13.9 Å². The zero-order valence-corrected chi connectivity index (χ0v) is 11.9. The first-order valence-corrected chi connectivity index (χ1v) is 7.00. The topological polar surface area (TPSA) is 32.3 Å². The van der Waals surface area contributed by atoms with Gasteiger partial charge in [-0.1, -0.05) is 18.2 Å². The Morgan fingerprint density at radius 2 is 1.67 bits per heavy atom. The van der Waals surface area contributed by atoms with Crippen molar-refractivity contribution in [3.63, 3.8) is 0 Å². The van der Waals surface area contributed by atoms with Crippen molar-refractivity contribution in [3.05, 3.63) is 65.2 Å². The first kappa shape index (κ1) is 15.4. The molecule has 0 amide bonds. The van der Waals surface area contributed by atoms with Crippen LogP contribution in [-0.2, 0) is 13.0 Å². The number of halogens is 2. The monoisotopic (exact) mass is 291 g/mol. The standard InChI is InChI=1S/C17H19F2NO/c1-12(2-3-13-4-7-15(21)8-5-13)20-11-14-6-9-16(18)17(19)10-14/h4-10,12,20-21H,2-3,11H2,1H3. The van der Waals surface area contributed by atoms with E-state index in [1.165, 1.54) is 6.07 Å². The second kappa shape index (κ2) is 7.18. The highest BCUT2D eigenvalue weighted by atomic mass is 19.2. The van der Waals surface area contributed by atoms with Crippen LogP contribution in [0.3, 0.4) is 0 Å². The SMILES string of the molecule is CC(CCc1ccc(O)cc1)NCc1ccc(F)c(F)c1. The molecule has 0 heterocycles. The Morgan fingerprint density at radius 3 is 2.33 bits per heavy atom. The first-order chi connectivity index (χ1) is 10.0. The Hall–Kier alpha value is -1.94. The molecule has 0 saturated heterocycles. The molecule has 4 heteroatoms. The van der Waals surface area contributed by atoms with Gasteiger partial charge in [-0.2, -0.15) is 0 Å². The average Bonchev–Trinajstić information content (AvgIpc) is 2.48. The summed E-state index contributed by atoms with van der Waals surface area (Å²) in [6, 6.07) is 11.4. The van der Waals surface area contributed by atoms with Crippen LogP contribution in [0.2, 0.25) is 0 Å². The quantitative estimate of drug-likeness (QED) is 0.849. The Kier molecular flexibility index (Phi) is 5.28. The van der Waals surface area contributed by atoms with Gasteiger partial charge in [-0.05, 0) is 55.2 Å². The fourth-order valence-corrected chi connectivity index (χ4v) is 2.09. The molecule has 1 unspecified atom stereocenters.